The highest BCUT2D eigenvalue weighted by atomic mass is 31.1. The molecule has 0 bridgehead atoms. The zero-order chi connectivity index (χ0) is 24.6. The molecule has 0 aliphatic rings. The molecule has 2 N–H and O–H groups in total. The number of nitrogens with one attached hydrogen (secondary N) is 2. The van der Waals surface area contributed by atoms with Gasteiger partial charge in [-0.1, -0.05) is 97.1 Å². The van der Waals surface area contributed by atoms with Crippen LogP contribution in [0.5, 0.6) is 0 Å². The second-order valence-corrected chi connectivity index (χ2v) is 10.3. The number of carbonyl (C=O) groups is 1. The van der Waals surface area contributed by atoms with E-state index in [9.17, 15) is 4.79 Å². The third-order valence-electron chi connectivity index (χ3n) is 5.86. The Morgan fingerprint density at radius 3 is 1.74 bits per heavy atom. The first-order valence-corrected chi connectivity index (χ1v) is 13.0. The van der Waals surface area contributed by atoms with Gasteiger partial charge in [-0.2, -0.15) is 0 Å². The molecule has 4 aromatic rings. The standard InChI is InChI=1S/C30H31N2O2P/c1-22-14-10-12-20-27(22)35(28-21-13-11-15-23(28)2)34-29(25-16-6-4-7-17-25)24(3)31-30(33)32-26-18-8-5-9-19-26/h4-21,24,29H,1-3H3,(H2,31,32,33). The molecule has 4 nitrogen and oxygen atoms in total. The van der Waals surface area contributed by atoms with Gasteiger partial charge in [-0.25, -0.2) is 4.79 Å². The van der Waals surface area contributed by atoms with Crippen LogP contribution < -0.4 is 21.2 Å². The van der Waals surface area contributed by atoms with Crippen LogP contribution in [0.15, 0.2) is 109 Å². The number of benzene rings is 4. The zero-order valence-electron chi connectivity index (χ0n) is 20.3. The molecule has 0 saturated carbocycles. The van der Waals surface area contributed by atoms with Gasteiger partial charge >= 0.3 is 6.03 Å². The van der Waals surface area contributed by atoms with Crippen LogP contribution in [0.1, 0.15) is 29.7 Å². The summed E-state index contributed by atoms with van der Waals surface area (Å²) in [5.74, 6) is 0. The van der Waals surface area contributed by atoms with Crippen LogP contribution in [0, 0.1) is 13.8 Å². The normalized spacial score (nSPS) is 12.7. The van der Waals surface area contributed by atoms with Crippen LogP contribution in [0.4, 0.5) is 10.5 Å². The lowest BCUT2D eigenvalue weighted by Crippen LogP contribution is -2.40. The van der Waals surface area contributed by atoms with Crippen molar-refractivity contribution < 1.29 is 9.32 Å². The number of hydrogen-bond donors (Lipinski definition) is 2. The number of hydrogen-bond acceptors (Lipinski definition) is 2. The van der Waals surface area contributed by atoms with Crippen molar-refractivity contribution in [3.05, 3.63) is 126 Å². The summed E-state index contributed by atoms with van der Waals surface area (Å²) >= 11 is 0. The summed E-state index contributed by atoms with van der Waals surface area (Å²) in [5, 5.41) is 8.37. The van der Waals surface area contributed by atoms with Gasteiger partial charge < -0.3 is 15.2 Å². The molecule has 0 radical (unpaired) electrons. The number of rotatable bonds is 8. The molecule has 0 aromatic heterocycles. The first kappa shape index (κ1) is 24.7. The maximum atomic E-state index is 12.8. The van der Waals surface area contributed by atoms with E-state index in [0.717, 1.165) is 11.3 Å². The van der Waals surface area contributed by atoms with Crippen LogP contribution in [0.3, 0.4) is 0 Å². The molecule has 2 atom stereocenters. The van der Waals surface area contributed by atoms with E-state index >= 15 is 0 Å². The van der Waals surface area contributed by atoms with Crippen molar-refractivity contribution in [3.63, 3.8) is 0 Å². The second-order valence-electron chi connectivity index (χ2n) is 8.56. The van der Waals surface area contributed by atoms with E-state index < -0.39 is 8.15 Å². The quantitative estimate of drug-likeness (QED) is 0.277. The van der Waals surface area contributed by atoms with Crippen molar-refractivity contribution in [2.75, 3.05) is 5.32 Å². The molecular weight excluding hydrogens is 451 g/mol. The minimum Gasteiger partial charge on any atom is -0.340 e. The molecule has 0 fully saturated rings. The lowest BCUT2D eigenvalue weighted by molar-refractivity contribution is 0.185. The Kier molecular flexibility index (Phi) is 8.31. The Labute approximate surface area is 209 Å². The molecule has 178 valence electrons. The number of urea groups is 1. The lowest BCUT2D eigenvalue weighted by Gasteiger charge is -2.31. The van der Waals surface area contributed by atoms with Crippen molar-refractivity contribution in [2.45, 2.75) is 32.9 Å². The van der Waals surface area contributed by atoms with Crippen LogP contribution in [-0.2, 0) is 4.52 Å². The summed E-state index contributed by atoms with van der Waals surface area (Å²) in [7, 11) is -1.13. The first-order chi connectivity index (χ1) is 17.0. The predicted molar refractivity (Wildman–Crippen MR) is 147 cm³/mol. The SMILES string of the molecule is Cc1ccccc1P(OC(c1ccccc1)C(C)NC(=O)Nc1ccccc1)c1ccccc1C. The molecule has 35 heavy (non-hydrogen) atoms. The van der Waals surface area contributed by atoms with Crippen molar-refractivity contribution in [3.8, 4) is 0 Å². The van der Waals surface area contributed by atoms with E-state index in [1.54, 1.807) is 0 Å². The topological polar surface area (TPSA) is 50.4 Å². The van der Waals surface area contributed by atoms with E-state index in [4.69, 9.17) is 4.52 Å². The van der Waals surface area contributed by atoms with Gasteiger partial charge in [0.2, 0.25) is 0 Å². The number of para-hydroxylation sites is 1. The van der Waals surface area contributed by atoms with E-state index in [-0.39, 0.29) is 18.2 Å². The Bertz CT molecular complexity index is 1200. The van der Waals surface area contributed by atoms with Gasteiger partial charge in [0.05, 0.1) is 14.2 Å². The maximum absolute atomic E-state index is 12.8. The van der Waals surface area contributed by atoms with Crippen LogP contribution in [0.2, 0.25) is 0 Å². The summed E-state index contributed by atoms with van der Waals surface area (Å²) < 4.78 is 7.01. The van der Waals surface area contributed by atoms with Crippen LogP contribution in [-0.4, -0.2) is 12.1 Å². The van der Waals surface area contributed by atoms with Crippen molar-refractivity contribution in [2.24, 2.45) is 0 Å². The largest absolute Gasteiger partial charge is 0.340 e. The van der Waals surface area contributed by atoms with Crippen molar-refractivity contribution in [1.82, 2.24) is 5.32 Å². The van der Waals surface area contributed by atoms with Crippen LogP contribution in [0.25, 0.3) is 0 Å². The average Bonchev–Trinajstić information content (AvgIpc) is 2.87. The third kappa shape index (κ3) is 6.36. The van der Waals surface area contributed by atoms with Gasteiger partial charge in [-0.15, -0.1) is 0 Å². The molecule has 0 spiro atoms. The van der Waals surface area contributed by atoms with E-state index in [0.29, 0.717) is 0 Å². The molecule has 0 heterocycles. The molecule has 0 aliphatic heterocycles. The highest BCUT2D eigenvalue weighted by Crippen LogP contribution is 2.43. The molecule has 4 aromatic carbocycles. The maximum Gasteiger partial charge on any atom is 0.319 e. The molecule has 0 saturated heterocycles. The number of anilines is 1. The number of aryl methyl sites for hydroxylation is 2. The van der Waals surface area contributed by atoms with Gasteiger partial charge in [0.15, 0.2) is 0 Å². The Morgan fingerprint density at radius 1 is 0.714 bits per heavy atom. The third-order valence-corrected chi connectivity index (χ3v) is 8.18. The monoisotopic (exact) mass is 482 g/mol. The first-order valence-electron chi connectivity index (χ1n) is 11.8. The van der Waals surface area contributed by atoms with E-state index in [1.807, 2.05) is 55.5 Å². The Hall–Kier alpha value is -3.46. The molecule has 5 heteroatoms. The number of amides is 2. The predicted octanol–water partition coefficient (Wildman–Crippen LogP) is 6.62. The molecule has 4 rings (SSSR count). The van der Waals surface area contributed by atoms with Gasteiger partial charge in [0.1, 0.15) is 6.10 Å². The highest BCUT2D eigenvalue weighted by molar-refractivity contribution is 7.68. The van der Waals surface area contributed by atoms with Gasteiger partial charge in [0, 0.05) is 16.3 Å². The van der Waals surface area contributed by atoms with Gasteiger partial charge in [0.25, 0.3) is 0 Å². The summed E-state index contributed by atoms with van der Waals surface area (Å²) in [6.07, 6.45) is -0.344. The van der Waals surface area contributed by atoms with Gasteiger partial charge in [-0.05, 0) is 49.6 Å². The Morgan fingerprint density at radius 2 is 1.20 bits per heavy atom. The van der Waals surface area contributed by atoms with Crippen molar-refractivity contribution in [1.29, 1.82) is 0 Å². The second kappa shape index (κ2) is 11.8. The summed E-state index contributed by atoms with van der Waals surface area (Å²) in [4.78, 5) is 12.8. The highest BCUT2D eigenvalue weighted by Gasteiger charge is 2.29. The fourth-order valence-corrected chi connectivity index (χ4v) is 6.24. The summed E-state index contributed by atoms with van der Waals surface area (Å²) in [6, 6.07) is 35.8. The van der Waals surface area contributed by atoms with E-state index in [2.05, 4.69) is 85.1 Å². The minimum absolute atomic E-state index is 0.260. The average molecular weight is 483 g/mol. The van der Waals surface area contributed by atoms with E-state index in [1.165, 1.54) is 21.7 Å². The van der Waals surface area contributed by atoms with Gasteiger partial charge in [-0.3, -0.25) is 0 Å². The smallest absolute Gasteiger partial charge is 0.319 e. The fourth-order valence-electron chi connectivity index (χ4n) is 3.99. The minimum atomic E-state index is -1.13. The Balaban J connectivity index is 1.66. The molecule has 0 aliphatic carbocycles. The lowest BCUT2D eigenvalue weighted by atomic mass is 10.0. The number of carbonyl (C=O) groups excluding carboxylic acids is 1. The fraction of sp³-hybridized carbons (Fsp3) is 0.167. The summed E-state index contributed by atoms with van der Waals surface area (Å²) in [5.41, 5.74) is 4.15. The van der Waals surface area contributed by atoms with Crippen molar-refractivity contribution >= 4 is 30.5 Å². The summed E-state index contributed by atoms with van der Waals surface area (Å²) in [6.45, 7) is 6.24. The van der Waals surface area contributed by atoms with Crippen LogP contribution >= 0.6 is 8.15 Å². The molecule has 2 amide bonds. The molecular formula is C30H31N2O2P. The zero-order valence-corrected chi connectivity index (χ0v) is 21.2. The molecule has 2 unspecified atom stereocenters.